The molecule has 5 N–H and O–H groups in total. The monoisotopic (exact) mass is 204 g/mol. The zero-order valence-corrected chi connectivity index (χ0v) is 9.04. The zero-order valence-electron chi connectivity index (χ0n) is 9.04. The summed E-state index contributed by atoms with van der Waals surface area (Å²) in [5, 5.41) is 3.26. The van der Waals surface area contributed by atoms with Crippen LogP contribution < -0.4 is 16.8 Å². The van der Waals surface area contributed by atoms with Gasteiger partial charge in [-0.1, -0.05) is 0 Å². The molecule has 0 spiro atoms. The molecule has 1 aromatic rings. The van der Waals surface area contributed by atoms with Gasteiger partial charge in [-0.25, -0.2) is 0 Å². The number of hydrogen-bond acceptors (Lipinski definition) is 4. The highest BCUT2D eigenvalue weighted by molar-refractivity contribution is 6.01. The van der Waals surface area contributed by atoms with E-state index in [9.17, 15) is 0 Å². The van der Waals surface area contributed by atoms with E-state index in [4.69, 9.17) is 11.5 Å². The lowest BCUT2D eigenvalue weighted by atomic mass is 10.1. The topological polar surface area (TPSA) is 76.4 Å². The average molecular weight is 204 g/mol. The highest BCUT2D eigenvalue weighted by atomic mass is 15.1. The van der Waals surface area contributed by atoms with Gasteiger partial charge in [0.2, 0.25) is 0 Å². The van der Waals surface area contributed by atoms with Crippen LogP contribution in [0.5, 0.6) is 0 Å². The summed E-state index contributed by atoms with van der Waals surface area (Å²) in [6.07, 6.45) is 0. The number of amidine groups is 1. The summed E-state index contributed by atoms with van der Waals surface area (Å²) < 4.78 is 0. The lowest BCUT2D eigenvalue weighted by molar-refractivity contribution is 0.549. The van der Waals surface area contributed by atoms with E-state index >= 15 is 0 Å². The summed E-state index contributed by atoms with van der Waals surface area (Å²) in [6, 6.07) is 5.58. The summed E-state index contributed by atoms with van der Waals surface area (Å²) in [5.74, 6) is 0.895. The van der Waals surface area contributed by atoms with Crippen LogP contribution in [0.15, 0.2) is 23.2 Å². The fourth-order valence-corrected chi connectivity index (χ4v) is 1.57. The molecule has 4 heteroatoms. The number of nitrogens with two attached hydrogens (primary N) is 2. The molecule has 0 aliphatic carbocycles. The molecule has 0 radical (unpaired) electrons. The average Bonchev–Trinajstić information content (AvgIpc) is 2.51. The number of benzene rings is 1. The first-order valence-electron chi connectivity index (χ1n) is 4.97. The van der Waals surface area contributed by atoms with Gasteiger partial charge in [-0.15, -0.1) is 0 Å². The summed E-state index contributed by atoms with van der Waals surface area (Å²) in [5.41, 5.74) is 13.6. The Morgan fingerprint density at radius 1 is 1.27 bits per heavy atom. The normalized spacial score (nSPS) is 18.4. The van der Waals surface area contributed by atoms with Crippen LogP contribution in [-0.2, 0) is 0 Å². The molecule has 0 bridgehead atoms. The molecule has 1 aliphatic rings. The third-order valence-electron chi connectivity index (χ3n) is 2.46. The Labute approximate surface area is 89.4 Å². The molecule has 1 heterocycles. The minimum atomic E-state index is -0.0362. The first-order valence-corrected chi connectivity index (χ1v) is 4.97. The van der Waals surface area contributed by atoms with Gasteiger partial charge >= 0.3 is 0 Å². The van der Waals surface area contributed by atoms with Crippen LogP contribution in [-0.4, -0.2) is 17.9 Å². The molecule has 0 fully saturated rings. The maximum absolute atomic E-state index is 5.75. The maximum Gasteiger partial charge on any atom is 0.129 e. The Balaban J connectivity index is 2.36. The van der Waals surface area contributed by atoms with Crippen molar-refractivity contribution in [1.29, 1.82) is 0 Å². The smallest absolute Gasteiger partial charge is 0.129 e. The van der Waals surface area contributed by atoms with Crippen LogP contribution in [0.2, 0.25) is 0 Å². The van der Waals surface area contributed by atoms with Crippen LogP contribution in [0.4, 0.5) is 11.4 Å². The molecular formula is C11H16N4. The number of aliphatic imine (C=N–C) groups is 1. The molecule has 0 atom stereocenters. The van der Waals surface area contributed by atoms with Gasteiger partial charge in [0, 0.05) is 12.1 Å². The second-order valence-corrected chi connectivity index (χ2v) is 4.47. The lowest BCUT2D eigenvalue weighted by Gasteiger charge is -2.09. The molecule has 0 saturated heterocycles. The van der Waals surface area contributed by atoms with Crippen molar-refractivity contribution in [1.82, 2.24) is 5.32 Å². The molecule has 80 valence electrons. The van der Waals surface area contributed by atoms with E-state index in [2.05, 4.69) is 24.2 Å². The number of hydrogen-bond donors (Lipinski definition) is 3. The molecule has 1 aliphatic heterocycles. The Hall–Kier alpha value is -1.71. The zero-order chi connectivity index (χ0) is 11.1. The van der Waals surface area contributed by atoms with Gasteiger partial charge in [0.05, 0.1) is 16.9 Å². The summed E-state index contributed by atoms with van der Waals surface area (Å²) >= 11 is 0. The summed E-state index contributed by atoms with van der Waals surface area (Å²) in [7, 11) is 0. The van der Waals surface area contributed by atoms with Gasteiger partial charge in [-0.3, -0.25) is 4.99 Å². The second kappa shape index (κ2) is 3.15. The van der Waals surface area contributed by atoms with Gasteiger partial charge in [0.1, 0.15) is 5.84 Å². The van der Waals surface area contributed by atoms with Gasteiger partial charge in [0.25, 0.3) is 0 Å². The van der Waals surface area contributed by atoms with Crippen molar-refractivity contribution in [3.8, 4) is 0 Å². The molecule has 1 aromatic carbocycles. The van der Waals surface area contributed by atoms with Crippen LogP contribution in [0.25, 0.3) is 0 Å². The van der Waals surface area contributed by atoms with E-state index in [1.54, 1.807) is 6.07 Å². The predicted molar refractivity (Wildman–Crippen MR) is 63.9 cm³/mol. The molecule has 4 nitrogen and oxygen atoms in total. The number of rotatable bonds is 1. The van der Waals surface area contributed by atoms with Crippen molar-refractivity contribution >= 4 is 17.2 Å². The largest absolute Gasteiger partial charge is 0.397 e. The van der Waals surface area contributed by atoms with E-state index in [0.717, 1.165) is 17.9 Å². The maximum atomic E-state index is 5.75. The molecular weight excluding hydrogens is 188 g/mol. The fraction of sp³-hybridized carbons (Fsp3) is 0.364. The van der Waals surface area contributed by atoms with Crippen molar-refractivity contribution in [3.05, 3.63) is 23.8 Å². The minimum Gasteiger partial charge on any atom is -0.397 e. The minimum absolute atomic E-state index is 0.0362. The van der Waals surface area contributed by atoms with E-state index in [1.807, 2.05) is 12.1 Å². The number of anilines is 2. The van der Waals surface area contributed by atoms with Crippen molar-refractivity contribution in [2.24, 2.45) is 4.99 Å². The molecule has 2 rings (SSSR count). The van der Waals surface area contributed by atoms with Gasteiger partial charge in [-0.05, 0) is 32.0 Å². The van der Waals surface area contributed by atoms with Crippen molar-refractivity contribution in [2.75, 3.05) is 18.0 Å². The molecule has 0 saturated carbocycles. The predicted octanol–water partition coefficient (Wildman–Crippen LogP) is 0.979. The SMILES string of the molecule is CC1(C)CNC(c2ccc(N)c(N)c2)=N1. The highest BCUT2D eigenvalue weighted by Crippen LogP contribution is 2.20. The number of nitrogens with zero attached hydrogens (tertiary/aromatic N) is 1. The fourth-order valence-electron chi connectivity index (χ4n) is 1.57. The third-order valence-corrected chi connectivity index (χ3v) is 2.46. The Morgan fingerprint density at radius 3 is 2.53 bits per heavy atom. The molecule has 15 heavy (non-hydrogen) atoms. The first-order chi connectivity index (χ1) is 6.98. The van der Waals surface area contributed by atoms with Gasteiger partial charge < -0.3 is 16.8 Å². The van der Waals surface area contributed by atoms with Crippen molar-refractivity contribution < 1.29 is 0 Å². The summed E-state index contributed by atoms with van der Waals surface area (Å²) in [6.45, 7) is 5.04. The van der Waals surface area contributed by atoms with Crippen LogP contribution in [0.1, 0.15) is 19.4 Å². The Morgan fingerprint density at radius 2 is 2.00 bits per heavy atom. The van der Waals surface area contributed by atoms with Crippen molar-refractivity contribution in [3.63, 3.8) is 0 Å². The van der Waals surface area contributed by atoms with Crippen LogP contribution >= 0.6 is 0 Å². The molecule has 0 amide bonds. The Bertz CT molecular complexity index is 421. The van der Waals surface area contributed by atoms with Gasteiger partial charge in [0.15, 0.2) is 0 Å². The first kappa shape index (κ1) is 9.83. The van der Waals surface area contributed by atoms with Crippen LogP contribution in [0, 0.1) is 0 Å². The summed E-state index contributed by atoms with van der Waals surface area (Å²) in [4.78, 5) is 4.57. The van der Waals surface area contributed by atoms with E-state index in [0.29, 0.717) is 11.4 Å². The van der Waals surface area contributed by atoms with E-state index in [-0.39, 0.29) is 5.54 Å². The number of nitrogens with one attached hydrogen (secondary N) is 1. The standard InChI is InChI=1S/C11H16N4/c1-11(2)6-14-10(15-11)7-3-4-8(12)9(13)5-7/h3-5H,6,12-13H2,1-2H3,(H,14,15). The van der Waals surface area contributed by atoms with Crippen LogP contribution in [0.3, 0.4) is 0 Å². The second-order valence-electron chi connectivity index (χ2n) is 4.47. The van der Waals surface area contributed by atoms with E-state index < -0.39 is 0 Å². The molecule has 0 aromatic heterocycles. The Kier molecular flexibility index (Phi) is 2.07. The van der Waals surface area contributed by atoms with Crippen molar-refractivity contribution in [2.45, 2.75) is 19.4 Å². The lowest BCUT2D eigenvalue weighted by Crippen LogP contribution is -2.26. The number of nitrogen functional groups attached to an aromatic ring is 2. The van der Waals surface area contributed by atoms with Gasteiger partial charge in [-0.2, -0.15) is 0 Å². The molecule has 0 unspecified atom stereocenters. The highest BCUT2D eigenvalue weighted by Gasteiger charge is 2.24. The van der Waals surface area contributed by atoms with E-state index in [1.165, 1.54) is 0 Å². The quantitative estimate of drug-likeness (QED) is 0.597. The third kappa shape index (κ3) is 1.88.